The molecule has 1 N–H and O–H groups in total. The van der Waals surface area contributed by atoms with Gasteiger partial charge >= 0.3 is 5.97 Å². The van der Waals surface area contributed by atoms with Gasteiger partial charge in [-0.1, -0.05) is 0 Å². The van der Waals surface area contributed by atoms with Crippen LogP contribution in [0.25, 0.3) is 10.9 Å². The van der Waals surface area contributed by atoms with Gasteiger partial charge in [0.15, 0.2) is 0 Å². The van der Waals surface area contributed by atoms with Crippen molar-refractivity contribution in [2.24, 2.45) is 0 Å². The predicted molar refractivity (Wildman–Crippen MR) is 82.9 cm³/mol. The Morgan fingerprint density at radius 1 is 1.33 bits per heavy atom. The molecule has 2 rings (SSSR count). The topological polar surface area (TPSA) is 54.6 Å². The van der Waals surface area contributed by atoms with Crippen LogP contribution in [0.4, 0.5) is 0 Å². The van der Waals surface area contributed by atoms with Crippen molar-refractivity contribution in [1.82, 2.24) is 9.88 Å². The zero-order valence-corrected chi connectivity index (χ0v) is 13.2. The first-order valence-corrected chi connectivity index (χ1v) is 6.99. The van der Waals surface area contributed by atoms with Gasteiger partial charge in [0.25, 0.3) is 0 Å². The summed E-state index contributed by atoms with van der Waals surface area (Å²) in [6, 6.07) is 3.94. The van der Waals surface area contributed by atoms with E-state index in [-0.39, 0.29) is 5.97 Å². The third-order valence-corrected chi connectivity index (χ3v) is 3.35. The van der Waals surface area contributed by atoms with Crippen molar-refractivity contribution < 1.29 is 14.3 Å². The van der Waals surface area contributed by atoms with E-state index >= 15 is 0 Å². The summed E-state index contributed by atoms with van der Waals surface area (Å²) in [7, 11) is 5.66. The van der Waals surface area contributed by atoms with Crippen LogP contribution in [0.3, 0.4) is 0 Å². The van der Waals surface area contributed by atoms with E-state index in [9.17, 15) is 4.79 Å². The molecule has 21 heavy (non-hydrogen) atoms. The Morgan fingerprint density at radius 2 is 2.05 bits per heavy atom. The van der Waals surface area contributed by atoms with E-state index in [1.54, 1.807) is 14.0 Å². The number of methoxy groups -OCH3 is 1. The van der Waals surface area contributed by atoms with Gasteiger partial charge in [-0.25, -0.2) is 4.79 Å². The van der Waals surface area contributed by atoms with Crippen molar-refractivity contribution in [3.63, 3.8) is 0 Å². The number of rotatable bonds is 5. The molecule has 0 fully saturated rings. The maximum Gasteiger partial charge on any atom is 0.340 e. The molecule has 0 aliphatic rings. The van der Waals surface area contributed by atoms with Gasteiger partial charge in [-0.2, -0.15) is 0 Å². The van der Waals surface area contributed by atoms with Crippen LogP contribution in [0.2, 0.25) is 0 Å². The van der Waals surface area contributed by atoms with E-state index in [0.29, 0.717) is 12.2 Å². The third kappa shape index (κ3) is 3.03. The molecule has 0 bridgehead atoms. The summed E-state index contributed by atoms with van der Waals surface area (Å²) in [5.74, 6) is 0.476. The van der Waals surface area contributed by atoms with Gasteiger partial charge < -0.3 is 19.4 Å². The lowest BCUT2D eigenvalue weighted by molar-refractivity contribution is 0.0528. The Bertz CT molecular complexity index is 659. The van der Waals surface area contributed by atoms with E-state index in [2.05, 4.69) is 9.88 Å². The number of esters is 1. The normalized spacial score (nSPS) is 11.1. The predicted octanol–water partition coefficient (Wildman–Crippen LogP) is 2.72. The minimum atomic E-state index is -0.302. The number of H-pyrrole nitrogens is 1. The minimum absolute atomic E-state index is 0.302. The number of carbonyl (C=O) groups excluding carboxylic acids is 1. The van der Waals surface area contributed by atoms with E-state index in [4.69, 9.17) is 9.47 Å². The summed E-state index contributed by atoms with van der Waals surface area (Å²) in [5.41, 5.74) is 3.40. The summed E-state index contributed by atoms with van der Waals surface area (Å²) in [6.07, 6.45) is 0. The summed E-state index contributed by atoms with van der Waals surface area (Å²) >= 11 is 0. The maximum absolute atomic E-state index is 12.1. The van der Waals surface area contributed by atoms with Gasteiger partial charge in [-0.15, -0.1) is 0 Å². The zero-order valence-electron chi connectivity index (χ0n) is 13.2. The number of hydrogen-bond acceptors (Lipinski definition) is 4. The number of ether oxygens (including phenoxy) is 2. The Balaban J connectivity index is 2.59. The molecule has 0 radical (unpaired) electrons. The Hall–Kier alpha value is -2.01. The average molecular weight is 290 g/mol. The van der Waals surface area contributed by atoms with Gasteiger partial charge in [0.05, 0.1) is 19.3 Å². The van der Waals surface area contributed by atoms with E-state index < -0.39 is 0 Å². The van der Waals surface area contributed by atoms with Gasteiger partial charge in [0, 0.05) is 28.7 Å². The SMILES string of the molecule is CCOC(=O)c1c(C)[nH]c2cc(CN(C)C)c(OC)cc12. The number of aromatic amines is 1. The fraction of sp³-hybridized carbons (Fsp3) is 0.438. The van der Waals surface area contributed by atoms with Crippen LogP contribution < -0.4 is 4.74 Å². The number of aromatic nitrogens is 1. The Kier molecular flexibility index (Phi) is 4.53. The van der Waals surface area contributed by atoms with Gasteiger partial charge in [-0.05, 0) is 40.1 Å². The van der Waals surface area contributed by atoms with Crippen LogP contribution in [-0.4, -0.2) is 43.7 Å². The monoisotopic (exact) mass is 290 g/mol. The molecular weight excluding hydrogens is 268 g/mol. The van der Waals surface area contributed by atoms with Crippen molar-refractivity contribution in [1.29, 1.82) is 0 Å². The van der Waals surface area contributed by atoms with Gasteiger partial charge in [-0.3, -0.25) is 0 Å². The molecule has 5 nitrogen and oxygen atoms in total. The standard InChI is InChI=1S/C16H22N2O3/c1-6-21-16(19)15-10(2)17-13-7-11(9-18(3)4)14(20-5)8-12(13)15/h7-8,17H,6,9H2,1-5H3. The lowest BCUT2D eigenvalue weighted by Gasteiger charge is -2.13. The molecule has 5 heteroatoms. The lowest BCUT2D eigenvalue weighted by Crippen LogP contribution is -2.11. The molecule has 0 aliphatic carbocycles. The average Bonchev–Trinajstić information content (AvgIpc) is 2.72. The largest absolute Gasteiger partial charge is 0.496 e. The number of nitrogens with one attached hydrogen (secondary N) is 1. The highest BCUT2D eigenvalue weighted by Crippen LogP contribution is 2.30. The molecule has 0 saturated carbocycles. The molecule has 0 amide bonds. The summed E-state index contributed by atoms with van der Waals surface area (Å²) in [6.45, 7) is 4.81. The highest BCUT2D eigenvalue weighted by atomic mass is 16.5. The molecule has 0 aliphatic heterocycles. The van der Waals surface area contributed by atoms with Crippen LogP contribution in [0.15, 0.2) is 12.1 Å². The first kappa shape index (κ1) is 15.4. The quantitative estimate of drug-likeness (QED) is 0.860. The maximum atomic E-state index is 12.1. The second-order valence-corrected chi connectivity index (χ2v) is 5.29. The molecular formula is C16H22N2O3. The van der Waals surface area contributed by atoms with Gasteiger partial charge in [0.1, 0.15) is 5.75 Å². The fourth-order valence-corrected chi connectivity index (χ4v) is 2.52. The smallest absolute Gasteiger partial charge is 0.340 e. The Labute approximate surface area is 124 Å². The third-order valence-electron chi connectivity index (χ3n) is 3.35. The molecule has 0 saturated heterocycles. The molecule has 0 unspecified atom stereocenters. The molecule has 1 heterocycles. The fourth-order valence-electron chi connectivity index (χ4n) is 2.52. The number of hydrogen-bond donors (Lipinski definition) is 1. The van der Waals surface area contributed by atoms with E-state index in [0.717, 1.165) is 34.5 Å². The summed E-state index contributed by atoms with van der Waals surface area (Å²) in [5, 5.41) is 0.838. The van der Waals surface area contributed by atoms with Crippen molar-refractivity contribution in [2.75, 3.05) is 27.8 Å². The number of nitrogens with zero attached hydrogens (tertiary/aromatic N) is 1. The highest BCUT2D eigenvalue weighted by molar-refractivity contribution is 6.06. The van der Waals surface area contributed by atoms with Crippen molar-refractivity contribution >= 4 is 16.9 Å². The molecule has 1 aromatic carbocycles. The summed E-state index contributed by atoms with van der Waals surface area (Å²) in [4.78, 5) is 17.4. The number of carbonyl (C=O) groups is 1. The van der Waals surface area contributed by atoms with Gasteiger partial charge in [0.2, 0.25) is 0 Å². The molecule has 1 aromatic heterocycles. The Morgan fingerprint density at radius 3 is 2.62 bits per heavy atom. The molecule has 2 aromatic rings. The lowest BCUT2D eigenvalue weighted by atomic mass is 10.1. The summed E-state index contributed by atoms with van der Waals surface area (Å²) < 4.78 is 10.6. The van der Waals surface area contributed by atoms with E-state index in [1.165, 1.54) is 0 Å². The molecule has 0 atom stereocenters. The minimum Gasteiger partial charge on any atom is -0.496 e. The number of fused-ring (bicyclic) bond motifs is 1. The van der Waals surface area contributed by atoms with Crippen LogP contribution in [-0.2, 0) is 11.3 Å². The highest BCUT2D eigenvalue weighted by Gasteiger charge is 2.19. The first-order chi connectivity index (χ1) is 9.97. The van der Waals surface area contributed by atoms with Crippen molar-refractivity contribution in [2.45, 2.75) is 20.4 Å². The van der Waals surface area contributed by atoms with Crippen LogP contribution in [0.5, 0.6) is 5.75 Å². The second kappa shape index (κ2) is 6.18. The molecule has 0 spiro atoms. The van der Waals surface area contributed by atoms with Crippen molar-refractivity contribution in [3.05, 3.63) is 29.0 Å². The van der Waals surface area contributed by atoms with Crippen LogP contribution in [0, 0.1) is 6.92 Å². The van der Waals surface area contributed by atoms with E-state index in [1.807, 2.05) is 33.2 Å². The van der Waals surface area contributed by atoms with Crippen molar-refractivity contribution in [3.8, 4) is 5.75 Å². The second-order valence-electron chi connectivity index (χ2n) is 5.29. The first-order valence-electron chi connectivity index (χ1n) is 6.99. The number of benzene rings is 1. The zero-order chi connectivity index (χ0) is 15.6. The van der Waals surface area contributed by atoms with Crippen LogP contribution >= 0.6 is 0 Å². The number of aryl methyl sites for hydroxylation is 1. The molecule has 114 valence electrons. The van der Waals surface area contributed by atoms with Crippen LogP contribution in [0.1, 0.15) is 28.5 Å².